The highest BCUT2D eigenvalue weighted by atomic mass is 35.5. The monoisotopic (exact) mass is 1060 g/mol. The van der Waals surface area contributed by atoms with Gasteiger partial charge in [0.15, 0.2) is 0 Å². The largest absolute Gasteiger partial charge is 0.508 e. The topological polar surface area (TPSA) is 173 Å². The number of rotatable bonds is 14. The van der Waals surface area contributed by atoms with Crippen LogP contribution in [0.1, 0.15) is 67.5 Å². The van der Waals surface area contributed by atoms with Gasteiger partial charge in [-0.05, 0) is 70.8 Å². The van der Waals surface area contributed by atoms with Crippen molar-refractivity contribution in [2.75, 3.05) is 47.4 Å². The molecule has 0 radical (unpaired) electrons. The highest BCUT2D eigenvalue weighted by Crippen LogP contribution is 2.30. The van der Waals surface area contributed by atoms with E-state index in [1.54, 1.807) is 76.3 Å². The third kappa shape index (κ3) is 14.9. The van der Waals surface area contributed by atoms with Crippen LogP contribution in [0.25, 0.3) is 0 Å². The van der Waals surface area contributed by atoms with Crippen LogP contribution in [0.5, 0.6) is 5.75 Å². The van der Waals surface area contributed by atoms with Crippen LogP contribution >= 0.6 is 11.6 Å². The van der Waals surface area contributed by atoms with Crippen molar-refractivity contribution in [3.63, 3.8) is 0 Å². The summed E-state index contributed by atoms with van der Waals surface area (Å²) in [7, 11) is 5.08. The number of amides is 8. The number of phenols is 1. The first-order valence-electron chi connectivity index (χ1n) is 25.8. The van der Waals surface area contributed by atoms with Crippen molar-refractivity contribution >= 4 is 47.3 Å². The lowest BCUT2D eigenvalue weighted by molar-refractivity contribution is -0.188. The molecule has 2 unspecified atom stereocenters. The zero-order valence-electron chi connectivity index (χ0n) is 44.9. The van der Waals surface area contributed by atoms with Crippen molar-refractivity contribution in [2.45, 2.75) is 91.9 Å². The molecule has 8 rings (SSSR count). The number of aryl methyl sites for hydroxylation is 1. The lowest BCUT2D eigenvalue weighted by Crippen LogP contribution is -2.75. The van der Waals surface area contributed by atoms with Crippen LogP contribution in [0.15, 0.2) is 133 Å². The lowest BCUT2D eigenvalue weighted by atomic mass is 9.96. The van der Waals surface area contributed by atoms with Gasteiger partial charge in [0.2, 0.25) is 23.6 Å². The predicted molar refractivity (Wildman–Crippen MR) is 293 cm³/mol. The SMILES string of the molecule is CC.CN(Cc1ccccc1Cl)C(=O)C(Cc1ccc(O)cc1)N1CN(C(=O)NCc2ccccc2)N(C)CC1=O.Cc1ccccc1CN1CC2N(C(=O)CN(C)N2C(=O)NCc2ccccc2)[C@@H](CC(C)C)C1=O. The molecule has 3 N–H and O–H groups in total. The smallest absolute Gasteiger partial charge is 0.334 e. The fraction of sp³-hybridized carbons (Fsp3) is 0.379. The van der Waals surface area contributed by atoms with Crippen LogP contribution in [0.4, 0.5) is 9.59 Å². The fourth-order valence-corrected chi connectivity index (χ4v) is 9.63. The van der Waals surface area contributed by atoms with Crippen LogP contribution in [0.2, 0.25) is 5.02 Å². The highest BCUT2D eigenvalue weighted by Gasteiger charge is 2.51. The number of hydrogen-bond donors (Lipinski definition) is 3. The summed E-state index contributed by atoms with van der Waals surface area (Å²) in [5, 5.41) is 22.4. The Balaban J connectivity index is 0.000000240. The van der Waals surface area contributed by atoms with Crippen molar-refractivity contribution in [3.8, 4) is 5.75 Å². The molecule has 0 bridgehead atoms. The molecule has 8 amide bonds. The molecule has 0 saturated carbocycles. The summed E-state index contributed by atoms with van der Waals surface area (Å²) in [4.78, 5) is 86.9. The number of fused-ring (bicyclic) bond motifs is 1. The molecule has 3 heterocycles. The third-order valence-electron chi connectivity index (χ3n) is 13.4. The van der Waals surface area contributed by atoms with E-state index < -0.39 is 18.2 Å². The second kappa shape index (κ2) is 27.4. The number of urea groups is 2. The maximum Gasteiger partial charge on any atom is 0.334 e. The quantitative estimate of drug-likeness (QED) is 0.102. The molecule has 5 aromatic carbocycles. The Labute approximate surface area is 452 Å². The van der Waals surface area contributed by atoms with Gasteiger partial charge in [0, 0.05) is 58.8 Å². The number of nitrogens with one attached hydrogen (secondary N) is 2. The second-order valence-electron chi connectivity index (χ2n) is 19.4. The van der Waals surface area contributed by atoms with Gasteiger partial charge in [-0.2, -0.15) is 0 Å². The summed E-state index contributed by atoms with van der Waals surface area (Å²) in [6.07, 6.45) is 0.192. The lowest BCUT2D eigenvalue weighted by Gasteiger charge is -2.54. The van der Waals surface area contributed by atoms with Crippen LogP contribution in [0, 0.1) is 12.8 Å². The first kappa shape index (κ1) is 57.8. The number of carbonyl (C=O) groups excluding carboxylic acids is 6. The Kier molecular flexibility index (Phi) is 20.8. The first-order chi connectivity index (χ1) is 36.5. The number of benzene rings is 5. The van der Waals surface area contributed by atoms with Crippen LogP contribution in [-0.4, -0.2) is 146 Å². The number of nitrogens with zero attached hydrogens (tertiary/aromatic N) is 8. The second-order valence-corrected chi connectivity index (χ2v) is 19.8. The van der Waals surface area contributed by atoms with E-state index in [4.69, 9.17) is 11.6 Å². The van der Waals surface area contributed by atoms with Crippen LogP contribution in [-0.2, 0) is 51.8 Å². The molecule has 17 nitrogen and oxygen atoms in total. The summed E-state index contributed by atoms with van der Waals surface area (Å²) in [6, 6.07) is 38.9. The van der Waals surface area contributed by atoms with E-state index in [9.17, 15) is 33.9 Å². The average molecular weight is 1060 g/mol. The summed E-state index contributed by atoms with van der Waals surface area (Å²) in [5.41, 5.74) is 5.66. The molecule has 5 aromatic rings. The summed E-state index contributed by atoms with van der Waals surface area (Å²) in [5.74, 6) is -0.413. The van der Waals surface area contributed by atoms with E-state index in [0.29, 0.717) is 31.1 Å². The molecular weight excluding hydrogens is 984 g/mol. The van der Waals surface area contributed by atoms with Gasteiger partial charge in [-0.1, -0.05) is 155 Å². The minimum atomic E-state index is -0.882. The minimum absolute atomic E-state index is 0.0505. The summed E-state index contributed by atoms with van der Waals surface area (Å²) >= 11 is 6.33. The molecule has 0 spiro atoms. The van der Waals surface area contributed by atoms with Gasteiger partial charge in [0.25, 0.3) is 0 Å². The number of phenolic OH excluding ortho intramolecular Hbond substituents is 1. The van der Waals surface area contributed by atoms with E-state index in [1.807, 2.05) is 138 Å². The Morgan fingerprint density at radius 3 is 1.86 bits per heavy atom. The number of likely N-dealkylation sites (N-methyl/N-ethyl adjacent to an activating group) is 3. The van der Waals surface area contributed by atoms with Crippen molar-refractivity contribution in [1.82, 2.24) is 50.3 Å². The van der Waals surface area contributed by atoms with Crippen LogP contribution < -0.4 is 10.6 Å². The van der Waals surface area contributed by atoms with Gasteiger partial charge in [-0.3, -0.25) is 19.2 Å². The standard InChI is InChI=1S/C29H32ClN5O4.C27H35N5O3.C2H6/c1-32(18-23-10-6-7-11-25(23)30)28(38)26(16-21-12-14-24(36)15-13-21)34-20-35(33(2)19-27(34)37)29(39)31-17-22-8-4-3-5-9-22;1-19(2)14-23-26(34)30(16-22-13-9-8-10-20(22)3)17-24-31(23)25(33)18-29(4)32(24)27(35)28-15-21-11-6-5-7-12-21;1-2/h3-15,26,36H,16-20H2,1-2H3,(H,31,39);5-13,19,23-24H,14-18H2,1-4H3,(H,28,35);1-2H3/t;23-,24?;/m.0./s1. The number of hydrogen-bond acceptors (Lipinski definition) is 9. The molecule has 0 aromatic heterocycles. The number of halogens is 1. The maximum absolute atomic E-state index is 13.9. The van der Waals surface area contributed by atoms with Crippen LogP contribution in [0.3, 0.4) is 0 Å². The fourth-order valence-electron chi connectivity index (χ4n) is 9.43. The van der Waals surface area contributed by atoms with Gasteiger partial charge < -0.3 is 35.3 Å². The molecule has 76 heavy (non-hydrogen) atoms. The Morgan fingerprint density at radius 1 is 0.711 bits per heavy atom. The number of aromatic hydroxyl groups is 1. The molecule has 18 heteroatoms. The first-order valence-corrected chi connectivity index (χ1v) is 26.2. The van der Waals surface area contributed by atoms with Gasteiger partial charge in [-0.15, -0.1) is 0 Å². The summed E-state index contributed by atoms with van der Waals surface area (Å²) < 4.78 is 0. The van der Waals surface area contributed by atoms with Crippen molar-refractivity contribution in [2.24, 2.45) is 5.92 Å². The predicted octanol–water partition coefficient (Wildman–Crippen LogP) is 7.48. The molecule has 3 aliphatic rings. The normalized spacial score (nSPS) is 17.2. The number of hydrazine groups is 2. The van der Waals surface area contributed by atoms with E-state index in [-0.39, 0.29) is 86.6 Å². The number of piperazine rings is 1. The third-order valence-corrected chi connectivity index (χ3v) is 13.8. The van der Waals surface area contributed by atoms with Gasteiger partial charge in [0.05, 0.1) is 19.6 Å². The Hall–Kier alpha value is -7.47. The highest BCUT2D eigenvalue weighted by molar-refractivity contribution is 6.31. The van der Waals surface area contributed by atoms with E-state index >= 15 is 0 Å². The zero-order valence-corrected chi connectivity index (χ0v) is 45.7. The average Bonchev–Trinajstić information content (AvgIpc) is 3.41. The van der Waals surface area contributed by atoms with Crippen molar-refractivity contribution in [3.05, 3.63) is 172 Å². The molecule has 0 aliphatic carbocycles. The van der Waals surface area contributed by atoms with Gasteiger partial charge in [-0.25, -0.2) is 29.6 Å². The Bertz CT molecular complexity index is 2750. The number of carbonyl (C=O) groups is 6. The molecule has 3 atom stereocenters. The molecule has 3 aliphatic heterocycles. The molecule has 3 saturated heterocycles. The van der Waals surface area contributed by atoms with Crippen molar-refractivity contribution < 1.29 is 33.9 Å². The summed E-state index contributed by atoms with van der Waals surface area (Å²) in [6.45, 7) is 11.7. The molecule has 404 valence electrons. The van der Waals surface area contributed by atoms with Gasteiger partial charge in [0.1, 0.15) is 30.7 Å². The molecule has 3 fully saturated rings. The van der Waals surface area contributed by atoms with E-state index in [2.05, 4.69) is 10.6 Å². The Morgan fingerprint density at radius 2 is 1.26 bits per heavy atom. The maximum atomic E-state index is 13.9. The zero-order chi connectivity index (χ0) is 55.1. The van der Waals surface area contributed by atoms with E-state index in [1.165, 1.54) is 14.8 Å². The van der Waals surface area contributed by atoms with Gasteiger partial charge >= 0.3 is 12.1 Å². The molecular formula is C58H73ClN10O7. The minimum Gasteiger partial charge on any atom is -0.508 e. The van der Waals surface area contributed by atoms with Crippen molar-refractivity contribution in [1.29, 1.82) is 0 Å². The van der Waals surface area contributed by atoms with E-state index in [0.717, 1.165) is 33.4 Å².